The Balaban J connectivity index is 1.68. The molecule has 4 amide bonds. The number of hydrogen-bond donors (Lipinski definition) is 3. The zero-order valence-electron chi connectivity index (χ0n) is 20.5. The van der Waals surface area contributed by atoms with E-state index in [1.165, 1.54) is 18.3 Å². The van der Waals surface area contributed by atoms with E-state index in [0.717, 1.165) is 11.9 Å². The Hall–Kier alpha value is -3.80. The third kappa shape index (κ3) is 7.35. The molecule has 2 aromatic rings. The van der Waals surface area contributed by atoms with Crippen molar-refractivity contribution in [2.75, 3.05) is 32.5 Å². The highest BCUT2D eigenvalue weighted by atomic mass is 32.1. The van der Waals surface area contributed by atoms with Crippen molar-refractivity contribution in [1.82, 2.24) is 20.1 Å². The fraction of sp³-hybridized carbons (Fsp3) is 0.417. The number of aryl methyl sites for hydroxylation is 2. The number of hydrogen-bond acceptors (Lipinski definition) is 7. The topological polar surface area (TPSA) is 144 Å². The molecule has 0 saturated carbocycles. The second kappa shape index (κ2) is 12.2. The molecule has 0 spiro atoms. The molecule has 192 valence electrons. The van der Waals surface area contributed by atoms with Crippen molar-refractivity contribution in [3.05, 3.63) is 40.4 Å². The average molecular weight is 515 g/mol. The lowest BCUT2D eigenvalue weighted by Crippen LogP contribution is -2.42. The van der Waals surface area contributed by atoms with Crippen LogP contribution in [0.15, 0.2) is 29.3 Å². The number of carboxylic acid groups (broad SMARTS) is 1. The number of thiazole rings is 1. The van der Waals surface area contributed by atoms with Crippen molar-refractivity contribution in [2.24, 2.45) is 10.9 Å². The molecule has 12 heteroatoms. The number of aromatic nitrogens is 1. The minimum absolute atomic E-state index is 0.0767. The van der Waals surface area contributed by atoms with E-state index < -0.39 is 6.09 Å². The number of rotatable bonds is 8. The van der Waals surface area contributed by atoms with Crippen LogP contribution in [-0.4, -0.2) is 77.2 Å². The molecule has 1 aromatic carbocycles. The van der Waals surface area contributed by atoms with Gasteiger partial charge >= 0.3 is 6.09 Å². The number of nitrogens with one attached hydrogen (secondary N) is 2. The number of nitrogens with zero attached hydrogens (tertiary/aromatic N) is 4. The lowest BCUT2D eigenvalue weighted by molar-refractivity contribution is -0.134. The first-order chi connectivity index (χ1) is 17.1. The molecule has 3 N–H and O–H groups in total. The smallest absolute Gasteiger partial charge is 0.409 e. The molecule has 1 aliphatic heterocycles. The number of piperidine rings is 1. The molecule has 11 nitrogen and oxygen atoms in total. The number of carbonyl (C=O) groups is 4. The van der Waals surface area contributed by atoms with Gasteiger partial charge in [-0.25, -0.2) is 14.8 Å². The third-order valence-corrected chi connectivity index (χ3v) is 6.74. The van der Waals surface area contributed by atoms with Gasteiger partial charge in [-0.1, -0.05) is 23.5 Å². The number of likely N-dealkylation sites (tertiary alicyclic amines) is 1. The normalized spacial score (nSPS) is 14.0. The summed E-state index contributed by atoms with van der Waals surface area (Å²) in [5.74, 6) is -0.383. The predicted octanol–water partition coefficient (Wildman–Crippen LogP) is 2.75. The van der Waals surface area contributed by atoms with Crippen LogP contribution < -0.4 is 10.6 Å². The van der Waals surface area contributed by atoms with Crippen LogP contribution >= 0.6 is 11.3 Å². The molecule has 0 atom stereocenters. The molecular weight excluding hydrogens is 484 g/mol. The lowest BCUT2D eigenvalue weighted by atomic mass is 9.95. The standard InChI is InChI=1S/C24H30N6O5S/c1-15(31)27-23-28-19(9-6-16-4-7-18(8-5-16)25-14-26-24(34)35)20(36-23)22(33)30-12-10-17(11-13-30)21(32)29(2)3/h4-5,7-8,14,17H,6,9-13H2,1-3H3,(H,25,26)(H,34,35)(H,27,28,31). The third-order valence-electron chi connectivity index (χ3n) is 5.74. The monoisotopic (exact) mass is 514 g/mol. The van der Waals surface area contributed by atoms with Gasteiger partial charge in [0.2, 0.25) is 11.8 Å². The van der Waals surface area contributed by atoms with Gasteiger partial charge in [0.05, 0.1) is 17.7 Å². The summed E-state index contributed by atoms with van der Waals surface area (Å²) in [4.78, 5) is 60.0. The van der Waals surface area contributed by atoms with Gasteiger partial charge in [0.25, 0.3) is 5.91 Å². The van der Waals surface area contributed by atoms with Gasteiger partial charge in [-0.3, -0.25) is 19.7 Å². The molecule has 2 heterocycles. The molecular formula is C24H30N6O5S. The fourth-order valence-corrected chi connectivity index (χ4v) is 4.93. The van der Waals surface area contributed by atoms with Gasteiger partial charge in [-0.05, 0) is 43.4 Å². The number of benzene rings is 1. The molecule has 1 saturated heterocycles. The number of aliphatic imine (C=N–C) groups is 1. The lowest BCUT2D eigenvalue weighted by Gasteiger charge is -2.32. The summed E-state index contributed by atoms with van der Waals surface area (Å²) >= 11 is 1.17. The Labute approximate surface area is 213 Å². The van der Waals surface area contributed by atoms with E-state index in [0.29, 0.717) is 60.2 Å². The second-order valence-electron chi connectivity index (χ2n) is 8.65. The number of anilines is 1. The van der Waals surface area contributed by atoms with Crippen molar-refractivity contribution < 1.29 is 24.3 Å². The van der Waals surface area contributed by atoms with Crippen molar-refractivity contribution in [1.29, 1.82) is 0 Å². The summed E-state index contributed by atoms with van der Waals surface area (Å²) in [6.45, 7) is 2.38. The summed E-state index contributed by atoms with van der Waals surface area (Å²) in [5, 5.41) is 13.7. The van der Waals surface area contributed by atoms with E-state index in [-0.39, 0.29) is 23.6 Å². The van der Waals surface area contributed by atoms with Crippen LogP contribution in [0, 0.1) is 5.92 Å². The van der Waals surface area contributed by atoms with E-state index in [1.807, 2.05) is 12.1 Å². The molecule has 0 bridgehead atoms. The number of amides is 4. The Kier molecular flexibility index (Phi) is 9.12. The van der Waals surface area contributed by atoms with Gasteiger partial charge in [-0.15, -0.1) is 0 Å². The molecule has 0 radical (unpaired) electrons. The maximum Gasteiger partial charge on any atom is 0.409 e. The quantitative estimate of drug-likeness (QED) is 0.365. The van der Waals surface area contributed by atoms with Crippen molar-refractivity contribution in [2.45, 2.75) is 32.6 Å². The van der Waals surface area contributed by atoms with Crippen LogP contribution in [0.4, 0.5) is 15.6 Å². The minimum Gasteiger partial charge on any atom is -0.465 e. The van der Waals surface area contributed by atoms with E-state index in [9.17, 15) is 19.2 Å². The van der Waals surface area contributed by atoms with Gasteiger partial charge in [0.15, 0.2) is 5.13 Å². The highest BCUT2D eigenvalue weighted by Gasteiger charge is 2.30. The van der Waals surface area contributed by atoms with Crippen LogP contribution in [0.25, 0.3) is 0 Å². The van der Waals surface area contributed by atoms with E-state index in [4.69, 9.17) is 5.11 Å². The maximum atomic E-state index is 13.4. The Morgan fingerprint density at radius 3 is 2.42 bits per heavy atom. The SMILES string of the molecule is CC(=O)Nc1nc(CCc2ccc(N=CNC(=O)O)cc2)c(C(=O)N2CCC(C(=O)N(C)C)CC2)s1. The molecule has 1 aliphatic rings. The van der Waals surface area contributed by atoms with Crippen LogP contribution in [0.3, 0.4) is 0 Å². The Morgan fingerprint density at radius 1 is 1.17 bits per heavy atom. The van der Waals surface area contributed by atoms with Gasteiger partial charge < -0.3 is 20.2 Å². The summed E-state index contributed by atoms with van der Waals surface area (Å²) in [6, 6.07) is 7.29. The molecule has 1 aromatic heterocycles. The summed E-state index contributed by atoms with van der Waals surface area (Å²) in [6.07, 6.45) is 2.26. The van der Waals surface area contributed by atoms with Crippen molar-refractivity contribution in [3.8, 4) is 0 Å². The molecule has 0 aliphatic carbocycles. The van der Waals surface area contributed by atoms with Crippen LogP contribution in [0.5, 0.6) is 0 Å². The molecule has 1 fully saturated rings. The molecule has 0 unspecified atom stereocenters. The minimum atomic E-state index is -1.19. The number of carbonyl (C=O) groups excluding carboxylic acids is 3. The maximum absolute atomic E-state index is 13.4. The van der Waals surface area contributed by atoms with E-state index >= 15 is 0 Å². The fourth-order valence-electron chi connectivity index (χ4n) is 3.90. The molecule has 3 rings (SSSR count). The van der Waals surface area contributed by atoms with Crippen LogP contribution in [-0.2, 0) is 22.4 Å². The second-order valence-corrected chi connectivity index (χ2v) is 9.65. The zero-order chi connectivity index (χ0) is 26.2. The van der Waals surface area contributed by atoms with Crippen LogP contribution in [0.1, 0.15) is 40.7 Å². The van der Waals surface area contributed by atoms with Crippen LogP contribution in [0.2, 0.25) is 0 Å². The largest absolute Gasteiger partial charge is 0.465 e. The summed E-state index contributed by atoms with van der Waals surface area (Å²) in [7, 11) is 3.48. The van der Waals surface area contributed by atoms with E-state index in [2.05, 4.69) is 20.6 Å². The van der Waals surface area contributed by atoms with Crippen molar-refractivity contribution in [3.63, 3.8) is 0 Å². The predicted molar refractivity (Wildman–Crippen MR) is 137 cm³/mol. The summed E-state index contributed by atoms with van der Waals surface area (Å²) in [5.41, 5.74) is 2.21. The van der Waals surface area contributed by atoms with Gasteiger partial charge in [0, 0.05) is 40.0 Å². The Morgan fingerprint density at radius 2 is 1.83 bits per heavy atom. The Bertz CT molecular complexity index is 1140. The zero-order valence-corrected chi connectivity index (χ0v) is 21.3. The first-order valence-electron chi connectivity index (χ1n) is 11.5. The summed E-state index contributed by atoms with van der Waals surface area (Å²) < 4.78 is 0. The van der Waals surface area contributed by atoms with Gasteiger partial charge in [-0.2, -0.15) is 0 Å². The van der Waals surface area contributed by atoms with Crippen molar-refractivity contribution >= 4 is 52.3 Å². The highest BCUT2D eigenvalue weighted by molar-refractivity contribution is 7.17. The first kappa shape index (κ1) is 26.8. The van der Waals surface area contributed by atoms with Gasteiger partial charge in [0.1, 0.15) is 4.88 Å². The van der Waals surface area contributed by atoms with E-state index in [1.54, 1.807) is 36.0 Å². The highest BCUT2D eigenvalue weighted by Crippen LogP contribution is 2.28. The first-order valence-corrected chi connectivity index (χ1v) is 12.3. The average Bonchev–Trinajstić information content (AvgIpc) is 3.24. The molecule has 36 heavy (non-hydrogen) atoms.